The number of likely N-dealkylation sites (tertiary alicyclic amines) is 1. The van der Waals surface area contributed by atoms with E-state index in [0.717, 1.165) is 24.2 Å². The highest BCUT2D eigenvalue weighted by molar-refractivity contribution is 5.93. The number of rotatable bonds is 2. The summed E-state index contributed by atoms with van der Waals surface area (Å²) in [6.07, 6.45) is 3.66. The second kappa shape index (κ2) is 5.22. The van der Waals surface area contributed by atoms with Gasteiger partial charge in [0.15, 0.2) is 0 Å². The third-order valence-corrected chi connectivity index (χ3v) is 4.45. The summed E-state index contributed by atoms with van der Waals surface area (Å²) < 4.78 is 15.2. The molecule has 0 radical (unpaired) electrons. The highest BCUT2D eigenvalue weighted by atomic mass is 19.1. The lowest BCUT2D eigenvalue weighted by atomic mass is 10.2. The second-order valence-corrected chi connectivity index (χ2v) is 5.94. The first kappa shape index (κ1) is 14.0. The summed E-state index contributed by atoms with van der Waals surface area (Å²) in [6, 6.07) is 8.09. The molecule has 1 aromatic carbocycles. The van der Waals surface area contributed by atoms with Crippen LogP contribution in [0.4, 0.5) is 4.39 Å². The number of hydrogen-bond donors (Lipinski definition) is 1. The number of aromatic nitrogens is 3. The number of imidazole rings is 1. The predicted molar refractivity (Wildman–Crippen MR) is 84.5 cm³/mol. The van der Waals surface area contributed by atoms with E-state index in [4.69, 9.17) is 0 Å². The number of aryl methyl sites for hydroxylation is 1. The molecule has 1 aliphatic heterocycles. The van der Waals surface area contributed by atoms with Gasteiger partial charge in [-0.15, -0.1) is 0 Å². The molecule has 3 heterocycles. The molecule has 3 aromatic rings. The smallest absolute Gasteiger partial charge is 0.271 e. The molecule has 4 rings (SSSR count). The van der Waals surface area contributed by atoms with E-state index in [1.54, 1.807) is 6.07 Å². The van der Waals surface area contributed by atoms with Crippen molar-refractivity contribution in [3.63, 3.8) is 0 Å². The molecule has 0 bridgehead atoms. The summed E-state index contributed by atoms with van der Waals surface area (Å²) in [5.74, 6) is 0.438. The minimum absolute atomic E-state index is 0.00615. The van der Waals surface area contributed by atoms with Crippen LogP contribution in [0.3, 0.4) is 0 Å². The van der Waals surface area contributed by atoms with Gasteiger partial charge < -0.3 is 14.5 Å². The highest BCUT2D eigenvalue weighted by Gasteiger charge is 2.33. The van der Waals surface area contributed by atoms with Crippen molar-refractivity contribution >= 4 is 16.9 Å². The molecular weight excluding hydrogens is 295 g/mol. The van der Waals surface area contributed by atoms with Crippen molar-refractivity contribution in [2.45, 2.75) is 18.9 Å². The number of hydrogen-bond acceptors (Lipinski definition) is 2. The van der Waals surface area contributed by atoms with Crippen LogP contribution < -0.4 is 0 Å². The van der Waals surface area contributed by atoms with Gasteiger partial charge in [0.25, 0.3) is 5.91 Å². The number of aromatic amines is 1. The van der Waals surface area contributed by atoms with Gasteiger partial charge in [-0.25, -0.2) is 9.37 Å². The fraction of sp³-hybridized carbons (Fsp3) is 0.294. The van der Waals surface area contributed by atoms with Gasteiger partial charge in [0.1, 0.15) is 17.3 Å². The Morgan fingerprint density at radius 2 is 2.26 bits per heavy atom. The van der Waals surface area contributed by atoms with Crippen LogP contribution in [0.15, 0.2) is 36.5 Å². The maximum absolute atomic E-state index is 13.3. The van der Waals surface area contributed by atoms with Gasteiger partial charge in [-0.05, 0) is 43.2 Å². The van der Waals surface area contributed by atoms with E-state index in [-0.39, 0.29) is 17.8 Å². The number of fused-ring (bicyclic) bond motifs is 1. The average molecular weight is 312 g/mol. The number of benzene rings is 1. The summed E-state index contributed by atoms with van der Waals surface area (Å²) in [7, 11) is 1.86. The van der Waals surface area contributed by atoms with Crippen LogP contribution in [0.25, 0.3) is 11.0 Å². The molecule has 5 nitrogen and oxygen atoms in total. The number of halogens is 1. The molecule has 1 saturated heterocycles. The molecule has 6 heteroatoms. The maximum Gasteiger partial charge on any atom is 0.271 e. The predicted octanol–water partition coefficient (Wildman–Crippen LogP) is 3.02. The Morgan fingerprint density at radius 1 is 1.39 bits per heavy atom. The van der Waals surface area contributed by atoms with Crippen molar-refractivity contribution in [3.05, 3.63) is 53.9 Å². The molecule has 2 aromatic heterocycles. The van der Waals surface area contributed by atoms with Crippen LogP contribution >= 0.6 is 0 Å². The molecule has 0 saturated carbocycles. The monoisotopic (exact) mass is 312 g/mol. The Morgan fingerprint density at radius 3 is 3.04 bits per heavy atom. The Bertz CT molecular complexity index is 882. The first-order chi connectivity index (χ1) is 11.1. The Balaban J connectivity index is 1.69. The van der Waals surface area contributed by atoms with Gasteiger partial charge in [-0.1, -0.05) is 0 Å². The largest absolute Gasteiger partial charge is 0.347 e. The van der Waals surface area contributed by atoms with Crippen molar-refractivity contribution in [3.8, 4) is 0 Å². The molecule has 1 atom stereocenters. The lowest BCUT2D eigenvalue weighted by Crippen LogP contribution is -2.32. The van der Waals surface area contributed by atoms with E-state index in [1.807, 2.05) is 34.8 Å². The normalized spacial score (nSPS) is 18.0. The van der Waals surface area contributed by atoms with E-state index in [1.165, 1.54) is 12.1 Å². The summed E-state index contributed by atoms with van der Waals surface area (Å²) in [4.78, 5) is 22.4. The van der Waals surface area contributed by atoms with E-state index < -0.39 is 0 Å². The number of nitrogens with one attached hydrogen (secondary N) is 1. The molecule has 118 valence electrons. The Hall–Kier alpha value is -2.63. The fourth-order valence-corrected chi connectivity index (χ4v) is 3.28. The third-order valence-electron chi connectivity index (χ3n) is 4.45. The van der Waals surface area contributed by atoms with Gasteiger partial charge in [-0.3, -0.25) is 4.79 Å². The number of carbonyl (C=O) groups excluding carboxylic acids is 1. The third kappa shape index (κ3) is 2.30. The number of amides is 1. The molecule has 0 aliphatic carbocycles. The quantitative estimate of drug-likeness (QED) is 0.791. The van der Waals surface area contributed by atoms with Crippen molar-refractivity contribution in [2.24, 2.45) is 7.05 Å². The lowest BCUT2D eigenvalue weighted by molar-refractivity contribution is 0.0721. The molecule has 0 spiro atoms. The van der Waals surface area contributed by atoms with Crippen LogP contribution in [0.1, 0.15) is 35.2 Å². The molecule has 23 heavy (non-hydrogen) atoms. The Kier molecular flexibility index (Phi) is 3.18. The minimum atomic E-state index is -0.295. The minimum Gasteiger partial charge on any atom is -0.347 e. The molecule has 1 aliphatic rings. The van der Waals surface area contributed by atoms with Gasteiger partial charge in [0, 0.05) is 19.8 Å². The van der Waals surface area contributed by atoms with Crippen molar-refractivity contribution in [2.75, 3.05) is 6.54 Å². The van der Waals surface area contributed by atoms with Crippen LogP contribution in [0.5, 0.6) is 0 Å². The standard InChI is InChI=1S/C17H17FN4O/c1-21-8-2-5-15(21)17(23)22-9-3-4-14(22)16-19-12-7-6-11(18)10-13(12)20-16/h2,5-8,10,14H,3-4,9H2,1H3,(H,19,20). The SMILES string of the molecule is Cn1cccc1C(=O)N1CCCC1c1nc2ccc(F)cc2[nH]1. The highest BCUT2D eigenvalue weighted by Crippen LogP contribution is 2.32. The second-order valence-electron chi connectivity index (χ2n) is 5.94. The molecule has 1 fully saturated rings. The van der Waals surface area contributed by atoms with Crippen LogP contribution in [-0.2, 0) is 7.05 Å². The van der Waals surface area contributed by atoms with Gasteiger partial charge in [0.05, 0.1) is 17.1 Å². The molecule has 1 N–H and O–H groups in total. The van der Waals surface area contributed by atoms with E-state index in [0.29, 0.717) is 17.8 Å². The van der Waals surface area contributed by atoms with Crippen LogP contribution in [0, 0.1) is 5.82 Å². The summed E-state index contributed by atoms with van der Waals surface area (Å²) in [6.45, 7) is 0.708. The topological polar surface area (TPSA) is 53.9 Å². The molecule has 1 unspecified atom stereocenters. The van der Waals surface area contributed by atoms with Crippen LogP contribution in [-0.4, -0.2) is 31.9 Å². The zero-order valence-corrected chi connectivity index (χ0v) is 12.8. The molecule has 1 amide bonds. The van der Waals surface area contributed by atoms with Gasteiger partial charge in [0.2, 0.25) is 0 Å². The summed E-state index contributed by atoms with van der Waals surface area (Å²) >= 11 is 0. The lowest BCUT2D eigenvalue weighted by Gasteiger charge is -2.23. The first-order valence-corrected chi connectivity index (χ1v) is 7.71. The Labute approximate surface area is 132 Å². The van der Waals surface area contributed by atoms with Crippen LogP contribution in [0.2, 0.25) is 0 Å². The summed E-state index contributed by atoms with van der Waals surface area (Å²) in [5.41, 5.74) is 2.05. The fourth-order valence-electron chi connectivity index (χ4n) is 3.28. The van der Waals surface area contributed by atoms with Crippen molar-refractivity contribution < 1.29 is 9.18 Å². The van der Waals surface area contributed by atoms with E-state index >= 15 is 0 Å². The zero-order valence-electron chi connectivity index (χ0n) is 12.8. The zero-order chi connectivity index (χ0) is 16.0. The first-order valence-electron chi connectivity index (χ1n) is 7.71. The van der Waals surface area contributed by atoms with Crippen molar-refractivity contribution in [1.29, 1.82) is 0 Å². The van der Waals surface area contributed by atoms with Crippen molar-refractivity contribution in [1.82, 2.24) is 19.4 Å². The average Bonchev–Trinajstić information content (AvgIpc) is 3.23. The summed E-state index contributed by atoms with van der Waals surface area (Å²) in [5, 5.41) is 0. The van der Waals surface area contributed by atoms with Gasteiger partial charge >= 0.3 is 0 Å². The van der Waals surface area contributed by atoms with Gasteiger partial charge in [-0.2, -0.15) is 0 Å². The molecular formula is C17H17FN4O. The number of carbonyl (C=O) groups is 1. The van der Waals surface area contributed by atoms with E-state index in [9.17, 15) is 9.18 Å². The number of H-pyrrole nitrogens is 1. The maximum atomic E-state index is 13.3. The van der Waals surface area contributed by atoms with E-state index in [2.05, 4.69) is 9.97 Å². The number of nitrogens with zero attached hydrogens (tertiary/aromatic N) is 3.